The molecular weight excluding hydrogens is 322 g/mol. The predicted octanol–water partition coefficient (Wildman–Crippen LogP) is 2.28. The first-order valence-corrected chi connectivity index (χ1v) is 9.02. The number of nitrogens with one attached hydrogen (secondary N) is 1. The fourth-order valence-corrected chi connectivity index (χ4v) is 3.98. The maximum absolute atomic E-state index is 12.3. The monoisotopic (exact) mass is 341 g/mol. The lowest BCUT2D eigenvalue weighted by Crippen LogP contribution is -2.41. The molecule has 0 aliphatic carbocycles. The van der Waals surface area contributed by atoms with Crippen molar-refractivity contribution in [1.29, 1.82) is 0 Å². The zero-order valence-corrected chi connectivity index (χ0v) is 14.1. The molecule has 1 fully saturated rings. The summed E-state index contributed by atoms with van der Waals surface area (Å²) < 4.78 is 1.89. The molecule has 0 radical (unpaired) electrons. The number of nitrogens with zero attached hydrogens (tertiary/aromatic N) is 4. The molecule has 1 aliphatic heterocycles. The molecule has 0 saturated carbocycles. The molecule has 3 heterocycles. The van der Waals surface area contributed by atoms with E-state index in [1.807, 2.05) is 40.4 Å². The van der Waals surface area contributed by atoms with Crippen LogP contribution in [0.3, 0.4) is 0 Å². The first-order valence-electron chi connectivity index (χ1n) is 8.14. The molecule has 0 spiro atoms. The summed E-state index contributed by atoms with van der Waals surface area (Å²) in [7, 11) is 0. The lowest BCUT2D eigenvalue weighted by Gasteiger charge is -2.24. The van der Waals surface area contributed by atoms with Gasteiger partial charge in [-0.15, -0.1) is 11.3 Å². The first kappa shape index (κ1) is 15.1. The summed E-state index contributed by atoms with van der Waals surface area (Å²) in [5.41, 5.74) is 1.90. The van der Waals surface area contributed by atoms with Gasteiger partial charge in [-0.3, -0.25) is 4.79 Å². The van der Waals surface area contributed by atoms with E-state index in [0.717, 1.165) is 35.6 Å². The summed E-state index contributed by atoms with van der Waals surface area (Å²) in [6.07, 6.45) is 5.79. The van der Waals surface area contributed by atoms with Gasteiger partial charge in [0.1, 0.15) is 6.54 Å². The summed E-state index contributed by atoms with van der Waals surface area (Å²) in [4.78, 5) is 23.3. The van der Waals surface area contributed by atoms with Crippen LogP contribution in [-0.2, 0) is 11.3 Å². The topological polar surface area (TPSA) is 63.1 Å². The number of benzene rings is 1. The molecule has 1 N–H and O–H groups in total. The van der Waals surface area contributed by atoms with Crippen molar-refractivity contribution in [1.82, 2.24) is 19.9 Å². The Bertz CT molecular complexity index is 829. The normalized spacial score (nSPS) is 17.5. The second kappa shape index (κ2) is 6.60. The van der Waals surface area contributed by atoms with E-state index in [2.05, 4.69) is 20.2 Å². The van der Waals surface area contributed by atoms with Crippen molar-refractivity contribution in [3.05, 3.63) is 42.2 Å². The average Bonchev–Trinajstić information content (AvgIpc) is 3.33. The number of carbonyl (C=O) groups excluding carboxylic acids is 1. The standard InChI is InChI=1S/C17H19N5OS/c23-16(11-21-12-20-14-5-1-2-6-15(14)21)19-10-13-4-3-8-22(13)17-18-7-9-24-17/h1-2,5-7,9,12-13H,3-4,8,10-11H2,(H,19,23)/t13-/m0/s1. The van der Waals surface area contributed by atoms with Gasteiger partial charge in [0.15, 0.2) is 5.13 Å². The summed E-state index contributed by atoms with van der Waals surface area (Å²) in [5.74, 6) is 0.0177. The highest BCUT2D eigenvalue weighted by Crippen LogP contribution is 2.26. The third kappa shape index (κ3) is 2.99. The number of fused-ring (bicyclic) bond motifs is 1. The van der Waals surface area contributed by atoms with Gasteiger partial charge in [0.05, 0.1) is 17.4 Å². The number of hydrogen-bond acceptors (Lipinski definition) is 5. The van der Waals surface area contributed by atoms with E-state index in [1.165, 1.54) is 0 Å². The Kier molecular flexibility index (Phi) is 4.17. The van der Waals surface area contributed by atoms with Crippen LogP contribution >= 0.6 is 11.3 Å². The van der Waals surface area contributed by atoms with Crippen LogP contribution in [0.2, 0.25) is 0 Å². The lowest BCUT2D eigenvalue weighted by atomic mass is 10.2. The van der Waals surface area contributed by atoms with Gasteiger partial charge in [0.25, 0.3) is 0 Å². The molecular formula is C17H19N5OS. The van der Waals surface area contributed by atoms with Crippen molar-refractivity contribution < 1.29 is 4.79 Å². The van der Waals surface area contributed by atoms with Crippen molar-refractivity contribution >= 4 is 33.4 Å². The van der Waals surface area contributed by atoms with E-state index in [0.29, 0.717) is 19.1 Å². The van der Waals surface area contributed by atoms with Gasteiger partial charge in [-0.2, -0.15) is 0 Å². The van der Waals surface area contributed by atoms with Crippen molar-refractivity contribution in [2.75, 3.05) is 18.0 Å². The highest BCUT2D eigenvalue weighted by atomic mass is 32.1. The Morgan fingerprint density at radius 1 is 1.33 bits per heavy atom. The van der Waals surface area contributed by atoms with Crippen LogP contribution in [0.25, 0.3) is 11.0 Å². The summed E-state index contributed by atoms with van der Waals surface area (Å²) in [5, 5.41) is 6.11. The van der Waals surface area contributed by atoms with Gasteiger partial charge < -0.3 is 14.8 Å². The van der Waals surface area contributed by atoms with Crippen molar-refractivity contribution in [3.63, 3.8) is 0 Å². The van der Waals surface area contributed by atoms with Crippen molar-refractivity contribution in [2.24, 2.45) is 0 Å². The highest BCUT2D eigenvalue weighted by molar-refractivity contribution is 7.13. The average molecular weight is 341 g/mol. The lowest BCUT2D eigenvalue weighted by molar-refractivity contribution is -0.121. The number of amides is 1. The Balaban J connectivity index is 1.36. The van der Waals surface area contributed by atoms with E-state index in [-0.39, 0.29) is 5.91 Å². The van der Waals surface area contributed by atoms with Crippen LogP contribution in [0.15, 0.2) is 42.2 Å². The smallest absolute Gasteiger partial charge is 0.240 e. The Morgan fingerprint density at radius 3 is 3.12 bits per heavy atom. The van der Waals surface area contributed by atoms with Gasteiger partial charge in [-0.05, 0) is 25.0 Å². The van der Waals surface area contributed by atoms with Crippen LogP contribution in [0.5, 0.6) is 0 Å². The quantitative estimate of drug-likeness (QED) is 0.773. The number of thiazole rings is 1. The van der Waals surface area contributed by atoms with E-state index < -0.39 is 0 Å². The summed E-state index contributed by atoms with van der Waals surface area (Å²) >= 11 is 1.65. The minimum atomic E-state index is 0.0177. The van der Waals surface area contributed by atoms with Crippen LogP contribution in [-0.4, -0.2) is 39.6 Å². The van der Waals surface area contributed by atoms with Crippen LogP contribution in [0, 0.1) is 0 Å². The number of aromatic nitrogens is 3. The molecule has 1 amide bonds. The van der Waals surface area contributed by atoms with Gasteiger partial charge in [0.2, 0.25) is 5.91 Å². The molecule has 1 saturated heterocycles. The van der Waals surface area contributed by atoms with Crippen LogP contribution < -0.4 is 10.2 Å². The van der Waals surface area contributed by atoms with Crippen molar-refractivity contribution in [2.45, 2.75) is 25.4 Å². The Morgan fingerprint density at radius 2 is 2.25 bits per heavy atom. The zero-order chi connectivity index (χ0) is 16.4. The van der Waals surface area contributed by atoms with Crippen LogP contribution in [0.4, 0.5) is 5.13 Å². The fourth-order valence-electron chi connectivity index (χ4n) is 3.24. The van der Waals surface area contributed by atoms with Crippen LogP contribution in [0.1, 0.15) is 12.8 Å². The number of carbonyl (C=O) groups is 1. The maximum atomic E-state index is 12.3. The van der Waals surface area contributed by atoms with Gasteiger partial charge >= 0.3 is 0 Å². The van der Waals surface area contributed by atoms with E-state index in [1.54, 1.807) is 17.7 Å². The molecule has 6 nitrogen and oxygen atoms in total. The minimum Gasteiger partial charge on any atom is -0.352 e. The van der Waals surface area contributed by atoms with Gasteiger partial charge in [-0.25, -0.2) is 9.97 Å². The van der Waals surface area contributed by atoms with E-state index >= 15 is 0 Å². The molecule has 1 aromatic carbocycles. The second-order valence-electron chi connectivity index (χ2n) is 5.97. The zero-order valence-electron chi connectivity index (χ0n) is 13.3. The molecule has 2 aromatic heterocycles. The number of rotatable bonds is 5. The Labute approximate surface area is 144 Å². The third-order valence-electron chi connectivity index (χ3n) is 4.42. The second-order valence-corrected chi connectivity index (χ2v) is 6.84. The number of para-hydroxylation sites is 2. The molecule has 1 aliphatic rings. The molecule has 3 aromatic rings. The van der Waals surface area contributed by atoms with Gasteiger partial charge in [0, 0.05) is 30.7 Å². The SMILES string of the molecule is O=C(Cn1cnc2ccccc21)NC[C@@H]1CCCN1c1nccs1. The van der Waals surface area contributed by atoms with Crippen molar-refractivity contribution in [3.8, 4) is 0 Å². The van der Waals surface area contributed by atoms with E-state index in [9.17, 15) is 4.79 Å². The molecule has 124 valence electrons. The number of anilines is 1. The molecule has 24 heavy (non-hydrogen) atoms. The molecule has 0 bridgehead atoms. The Hall–Kier alpha value is -2.41. The highest BCUT2D eigenvalue weighted by Gasteiger charge is 2.26. The third-order valence-corrected chi connectivity index (χ3v) is 5.23. The maximum Gasteiger partial charge on any atom is 0.240 e. The first-order chi connectivity index (χ1) is 11.8. The largest absolute Gasteiger partial charge is 0.352 e. The summed E-state index contributed by atoms with van der Waals surface area (Å²) in [6.45, 7) is 1.97. The van der Waals surface area contributed by atoms with Gasteiger partial charge in [-0.1, -0.05) is 12.1 Å². The number of hydrogen-bond donors (Lipinski definition) is 1. The van der Waals surface area contributed by atoms with E-state index in [4.69, 9.17) is 0 Å². The summed E-state index contributed by atoms with van der Waals surface area (Å²) in [6, 6.07) is 8.18. The molecule has 0 unspecified atom stereocenters. The fraction of sp³-hybridized carbons (Fsp3) is 0.353. The molecule has 4 rings (SSSR count). The minimum absolute atomic E-state index is 0.0177. The molecule has 1 atom stereocenters. The molecule has 7 heteroatoms. The number of imidazole rings is 1. The predicted molar refractivity (Wildman–Crippen MR) is 95.2 cm³/mol.